The van der Waals surface area contributed by atoms with Crippen LogP contribution in [0.5, 0.6) is 0 Å². The first-order chi connectivity index (χ1) is 28.8. The minimum Gasteiger partial charge on any atom is -0.466 e. The molecule has 0 aliphatic carbocycles. The SMILES string of the molecule is CCCCCCCCCOC(=O)CCCCCCCN(CCCCCCCCOCOC(CCCCCCCC)CCCCCCCC)CCCNC(=O)C(C)(C)OC. The summed E-state index contributed by atoms with van der Waals surface area (Å²) in [4.78, 5) is 27.2. The topological polar surface area (TPSA) is 86.3 Å². The van der Waals surface area contributed by atoms with Crippen LogP contribution in [0.15, 0.2) is 0 Å². The molecule has 8 heteroatoms. The number of esters is 1. The third kappa shape index (κ3) is 40.6. The second-order valence-electron chi connectivity index (χ2n) is 18.1. The largest absolute Gasteiger partial charge is 0.466 e. The summed E-state index contributed by atoms with van der Waals surface area (Å²) in [5, 5.41) is 3.06. The Labute approximate surface area is 367 Å². The van der Waals surface area contributed by atoms with E-state index in [0.29, 0.717) is 32.5 Å². The minimum atomic E-state index is -0.799. The molecule has 0 radical (unpaired) electrons. The number of hydrogen-bond donors (Lipinski definition) is 1. The maximum atomic E-state index is 12.4. The maximum absolute atomic E-state index is 12.4. The Kier molecular flexibility index (Phi) is 43.9. The van der Waals surface area contributed by atoms with Crippen LogP contribution in [0.1, 0.15) is 253 Å². The van der Waals surface area contributed by atoms with E-state index >= 15 is 0 Å². The molecule has 0 aliphatic heterocycles. The fraction of sp³-hybridized carbons (Fsp3) is 0.961. The Morgan fingerprint density at radius 2 is 0.949 bits per heavy atom. The van der Waals surface area contributed by atoms with Crippen LogP contribution in [0.3, 0.4) is 0 Å². The van der Waals surface area contributed by atoms with Gasteiger partial charge in [-0.2, -0.15) is 0 Å². The van der Waals surface area contributed by atoms with E-state index in [-0.39, 0.29) is 11.9 Å². The zero-order valence-electron chi connectivity index (χ0n) is 40.5. The molecular weight excluding hydrogens is 737 g/mol. The molecule has 0 aromatic heterocycles. The quantitative estimate of drug-likeness (QED) is 0.0371. The van der Waals surface area contributed by atoms with Gasteiger partial charge in [-0.25, -0.2) is 0 Å². The Balaban J connectivity index is 4.29. The lowest BCUT2D eigenvalue weighted by Crippen LogP contribution is -2.44. The number of rotatable bonds is 48. The van der Waals surface area contributed by atoms with Gasteiger partial charge >= 0.3 is 5.97 Å². The van der Waals surface area contributed by atoms with E-state index in [1.165, 1.54) is 173 Å². The molecule has 352 valence electrons. The monoisotopic (exact) mass is 839 g/mol. The summed E-state index contributed by atoms with van der Waals surface area (Å²) in [6, 6.07) is 0. The van der Waals surface area contributed by atoms with E-state index in [1.54, 1.807) is 7.11 Å². The third-order valence-electron chi connectivity index (χ3n) is 12.0. The molecule has 0 heterocycles. The Morgan fingerprint density at radius 1 is 0.525 bits per heavy atom. The van der Waals surface area contributed by atoms with Crippen LogP contribution in [0, 0.1) is 0 Å². The molecule has 0 aromatic rings. The maximum Gasteiger partial charge on any atom is 0.305 e. The van der Waals surface area contributed by atoms with Gasteiger partial charge in [0, 0.05) is 26.7 Å². The van der Waals surface area contributed by atoms with Crippen LogP contribution in [-0.4, -0.2) is 81.8 Å². The predicted molar refractivity (Wildman–Crippen MR) is 251 cm³/mol. The summed E-state index contributed by atoms with van der Waals surface area (Å²) >= 11 is 0. The lowest BCUT2D eigenvalue weighted by Gasteiger charge is -2.24. The molecule has 0 fully saturated rings. The van der Waals surface area contributed by atoms with Crippen LogP contribution < -0.4 is 5.32 Å². The predicted octanol–water partition coefficient (Wildman–Crippen LogP) is 14.1. The van der Waals surface area contributed by atoms with Gasteiger partial charge in [0.1, 0.15) is 12.4 Å². The van der Waals surface area contributed by atoms with Gasteiger partial charge in [-0.05, 0) is 84.8 Å². The zero-order valence-corrected chi connectivity index (χ0v) is 40.5. The van der Waals surface area contributed by atoms with Crippen molar-refractivity contribution in [3.05, 3.63) is 0 Å². The number of amides is 1. The smallest absolute Gasteiger partial charge is 0.305 e. The average Bonchev–Trinajstić information content (AvgIpc) is 3.23. The van der Waals surface area contributed by atoms with E-state index in [2.05, 4.69) is 31.0 Å². The highest BCUT2D eigenvalue weighted by Crippen LogP contribution is 2.18. The fourth-order valence-electron chi connectivity index (χ4n) is 7.66. The number of nitrogens with one attached hydrogen (secondary N) is 1. The first kappa shape index (κ1) is 57.8. The van der Waals surface area contributed by atoms with Crippen molar-refractivity contribution in [1.29, 1.82) is 0 Å². The number of ether oxygens (including phenoxy) is 4. The van der Waals surface area contributed by atoms with Crippen molar-refractivity contribution in [2.75, 3.05) is 53.3 Å². The van der Waals surface area contributed by atoms with Gasteiger partial charge in [-0.1, -0.05) is 181 Å². The Hall–Kier alpha value is -1.22. The Morgan fingerprint density at radius 3 is 1.46 bits per heavy atom. The minimum absolute atomic E-state index is 0.0255. The molecular formula is C51H102N2O6. The molecule has 0 atom stereocenters. The summed E-state index contributed by atoms with van der Waals surface area (Å²) in [7, 11) is 1.58. The Bertz CT molecular complexity index is 870. The lowest BCUT2D eigenvalue weighted by molar-refractivity contribution is -0.144. The molecule has 1 N–H and O–H groups in total. The van der Waals surface area contributed by atoms with E-state index < -0.39 is 5.60 Å². The van der Waals surface area contributed by atoms with Crippen LogP contribution in [0.2, 0.25) is 0 Å². The molecule has 0 aromatic carbocycles. The van der Waals surface area contributed by atoms with Gasteiger partial charge in [0.25, 0.3) is 5.91 Å². The molecule has 1 amide bonds. The standard InChI is InChI=1S/C51H102N2O6/c1-7-10-13-16-20-29-36-46-58-49(54)40-32-25-22-27-34-43-53(44-37-41-52-50(55)51(4,5)56-6)42-33-26-19-21-28-35-45-57-47-59-48(38-30-23-17-14-11-8-2)39-31-24-18-15-12-9-3/h48H,7-47H2,1-6H3,(H,52,55). The second kappa shape index (κ2) is 44.8. The van der Waals surface area contributed by atoms with Crippen LogP contribution in [0.25, 0.3) is 0 Å². The number of carbonyl (C=O) groups excluding carboxylic acids is 2. The van der Waals surface area contributed by atoms with E-state index in [9.17, 15) is 9.59 Å². The summed E-state index contributed by atoms with van der Waals surface area (Å²) in [5.74, 6) is -0.0789. The lowest BCUT2D eigenvalue weighted by atomic mass is 10.0. The van der Waals surface area contributed by atoms with Crippen molar-refractivity contribution in [3.8, 4) is 0 Å². The fourth-order valence-corrected chi connectivity index (χ4v) is 7.66. The van der Waals surface area contributed by atoms with Crippen molar-refractivity contribution < 1.29 is 28.5 Å². The highest BCUT2D eigenvalue weighted by molar-refractivity contribution is 5.84. The summed E-state index contributed by atoms with van der Waals surface area (Å²) in [6.07, 6.45) is 41.8. The summed E-state index contributed by atoms with van der Waals surface area (Å²) < 4.78 is 23.0. The third-order valence-corrected chi connectivity index (χ3v) is 12.0. The van der Waals surface area contributed by atoms with E-state index in [4.69, 9.17) is 18.9 Å². The number of unbranched alkanes of at least 4 members (excludes halogenated alkanes) is 25. The number of nitrogens with zero attached hydrogens (tertiary/aromatic N) is 1. The van der Waals surface area contributed by atoms with Crippen LogP contribution >= 0.6 is 0 Å². The molecule has 0 rings (SSSR count). The van der Waals surface area contributed by atoms with Crippen molar-refractivity contribution in [2.24, 2.45) is 0 Å². The molecule has 8 nitrogen and oxygen atoms in total. The molecule has 0 bridgehead atoms. The molecule has 0 saturated carbocycles. The van der Waals surface area contributed by atoms with E-state index in [0.717, 1.165) is 64.8 Å². The van der Waals surface area contributed by atoms with Gasteiger partial charge in [0.2, 0.25) is 0 Å². The van der Waals surface area contributed by atoms with Gasteiger partial charge in [0.05, 0.1) is 12.7 Å². The van der Waals surface area contributed by atoms with Crippen LogP contribution in [-0.2, 0) is 28.5 Å². The van der Waals surface area contributed by atoms with Crippen molar-refractivity contribution >= 4 is 11.9 Å². The molecule has 0 unspecified atom stereocenters. The molecule has 0 aliphatic rings. The first-order valence-electron chi connectivity index (χ1n) is 25.7. The molecule has 0 saturated heterocycles. The van der Waals surface area contributed by atoms with Crippen molar-refractivity contribution in [3.63, 3.8) is 0 Å². The van der Waals surface area contributed by atoms with Crippen molar-refractivity contribution in [2.45, 2.75) is 265 Å². The van der Waals surface area contributed by atoms with Crippen molar-refractivity contribution in [1.82, 2.24) is 10.2 Å². The van der Waals surface area contributed by atoms with Gasteiger partial charge in [-0.15, -0.1) is 0 Å². The zero-order chi connectivity index (χ0) is 43.3. The van der Waals surface area contributed by atoms with E-state index in [1.807, 2.05) is 13.8 Å². The normalized spacial score (nSPS) is 11.9. The van der Waals surface area contributed by atoms with Gasteiger partial charge < -0.3 is 29.2 Å². The number of methoxy groups -OCH3 is 1. The highest BCUT2D eigenvalue weighted by Gasteiger charge is 2.26. The molecule has 0 spiro atoms. The van der Waals surface area contributed by atoms with Crippen LogP contribution in [0.4, 0.5) is 0 Å². The molecule has 59 heavy (non-hydrogen) atoms. The van der Waals surface area contributed by atoms with Gasteiger partial charge in [-0.3, -0.25) is 9.59 Å². The number of carbonyl (C=O) groups is 2. The summed E-state index contributed by atoms with van der Waals surface area (Å²) in [5.41, 5.74) is -0.799. The average molecular weight is 839 g/mol. The first-order valence-corrected chi connectivity index (χ1v) is 25.7. The second-order valence-corrected chi connectivity index (χ2v) is 18.1. The summed E-state index contributed by atoms with van der Waals surface area (Å²) in [6.45, 7) is 16.1. The van der Waals surface area contributed by atoms with Gasteiger partial charge in [0.15, 0.2) is 0 Å². The number of hydrogen-bond acceptors (Lipinski definition) is 7. The highest BCUT2D eigenvalue weighted by atomic mass is 16.7.